The van der Waals surface area contributed by atoms with Crippen molar-refractivity contribution in [3.05, 3.63) is 60.2 Å². The Morgan fingerprint density at radius 2 is 1.67 bits per heavy atom. The Bertz CT molecular complexity index is 1120. The van der Waals surface area contributed by atoms with Crippen molar-refractivity contribution < 1.29 is 22.7 Å². The zero-order valence-corrected chi connectivity index (χ0v) is 21.9. The molecule has 0 unspecified atom stereocenters. The molecule has 196 valence electrons. The molecule has 1 saturated heterocycles. The van der Waals surface area contributed by atoms with E-state index in [2.05, 4.69) is 10.0 Å². The molecule has 1 atom stereocenters. The number of piperidine rings is 1. The summed E-state index contributed by atoms with van der Waals surface area (Å²) in [5, 5.41) is 2.75. The molecule has 0 saturated carbocycles. The van der Waals surface area contributed by atoms with Crippen LogP contribution in [0, 0.1) is 5.92 Å². The van der Waals surface area contributed by atoms with Crippen LogP contribution in [-0.4, -0.2) is 50.0 Å². The van der Waals surface area contributed by atoms with E-state index in [4.69, 9.17) is 10.5 Å². The van der Waals surface area contributed by atoms with Gasteiger partial charge in [0, 0.05) is 24.3 Å². The summed E-state index contributed by atoms with van der Waals surface area (Å²) in [5.41, 5.74) is 6.96. The third-order valence-corrected chi connectivity index (χ3v) is 7.65. The van der Waals surface area contributed by atoms with E-state index >= 15 is 0 Å². The van der Waals surface area contributed by atoms with Gasteiger partial charge in [-0.25, -0.2) is 17.9 Å². The van der Waals surface area contributed by atoms with Crippen LogP contribution < -0.4 is 15.8 Å². The quantitative estimate of drug-likeness (QED) is 0.492. The molecule has 2 amide bonds. The minimum atomic E-state index is -3.65. The zero-order valence-electron chi connectivity index (χ0n) is 21.1. The number of nitrogens with two attached hydrogens (primary N) is 1. The monoisotopic (exact) mass is 516 g/mol. The van der Waals surface area contributed by atoms with Crippen LogP contribution in [0.3, 0.4) is 0 Å². The summed E-state index contributed by atoms with van der Waals surface area (Å²) in [6, 6.07) is 14.8. The lowest BCUT2D eigenvalue weighted by Gasteiger charge is -2.32. The van der Waals surface area contributed by atoms with Gasteiger partial charge in [0.15, 0.2) is 0 Å². The third kappa shape index (κ3) is 8.32. The van der Waals surface area contributed by atoms with E-state index in [0.717, 1.165) is 18.4 Å². The molecule has 4 N–H and O–H groups in total. The summed E-state index contributed by atoms with van der Waals surface area (Å²) in [4.78, 5) is 26.7. The molecule has 0 spiro atoms. The van der Waals surface area contributed by atoms with Crippen molar-refractivity contribution in [1.82, 2.24) is 9.62 Å². The normalized spacial score (nSPS) is 15.8. The fraction of sp³-hybridized carbons (Fsp3) is 0.462. The van der Waals surface area contributed by atoms with Crippen LogP contribution >= 0.6 is 0 Å². The van der Waals surface area contributed by atoms with Crippen molar-refractivity contribution >= 4 is 27.7 Å². The first-order valence-corrected chi connectivity index (χ1v) is 13.6. The van der Waals surface area contributed by atoms with Crippen LogP contribution in [0.5, 0.6) is 0 Å². The fourth-order valence-electron chi connectivity index (χ4n) is 4.04. The van der Waals surface area contributed by atoms with E-state index in [9.17, 15) is 18.0 Å². The predicted molar refractivity (Wildman–Crippen MR) is 139 cm³/mol. The molecule has 0 aromatic heterocycles. The van der Waals surface area contributed by atoms with Gasteiger partial charge < -0.3 is 20.7 Å². The maximum absolute atomic E-state index is 12.6. The molecule has 1 aliphatic heterocycles. The number of rotatable bonds is 8. The standard InChI is InChI=1S/C26H36N4O5S/c1-26(2,3)29-36(33,34)22-11-9-21(10-12-22)28-24(31)23(27)17-19-13-15-30(16-14-19)25(32)35-18-20-7-5-4-6-8-20/h4-12,19,23,29H,13-18,27H2,1-3H3,(H,28,31)/t23-/m0/s1. The van der Waals surface area contributed by atoms with Crippen LogP contribution in [0.1, 0.15) is 45.6 Å². The van der Waals surface area contributed by atoms with Gasteiger partial charge >= 0.3 is 6.09 Å². The molecular formula is C26H36N4O5S. The van der Waals surface area contributed by atoms with Crippen LogP contribution in [0.25, 0.3) is 0 Å². The second kappa shape index (κ2) is 11.9. The van der Waals surface area contributed by atoms with Crippen molar-refractivity contribution in [3.8, 4) is 0 Å². The zero-order chi connectivity index (χ0) is 26.3. The minimum Gasteiger partial charge on any atom is -0.445 e. The number of amides is 2. The minimum absolute atomic E-state index is 0.119. The number of anilines is 1. The van der Waals surface area contributed by atoms with E-state index in [1.807, 2.05) is 30.3 Å². The number of carbonyl (C=O) groups is 2. The van der Waals surface area contributed by atoms with Gasteiger partial charge in [0.1, 0.15) is 6.61 Å². The summed E-state index contributed by atoms with van der Waals surface area (Å²) in [6.45, 7) is 6.66. The lowest BCUT2D eigenvalue weighted by molar-refractivity contribution is -0.117. The topological polar surface area (TPSA) is 131 Å². The number of hydrogen-bond donors (Lipinski definition) is 3. The molecule has 10 heteroatoms. The summed E-state index contributed by atoms with van der Waals surface area (Å²) < 4.78 is 32.8. The number of benzene rings is 2. The lowest BCUT2D eigenvalue weighted by Crippen LogP contribution is -2.42. The number of likely N-dealkylation sites (tertiary alicyclic amines) is 1. The van der Waals surface area contributed by atoms with E-state index in [0.29, 0.717) is 25.2 Å². The Balaban J connectivity index is 1.43. The number of nitrogens with one attached hydrogen (secondary N) is 2. The van der Waals surface area contributed by atoms with Crippen molar-refractivity contribution in [2.45, 2.75) is 63.1 Å². The molecular weight excluding hydrogens is 480 g/mol. The molecule has 1 fully saturated rings. The Hall–Kier alpha value is -2.95. The Morgan fingerprint density at radius 3 is 2.25 bits per heavy atom. The van der Waals surface area contributed by atoms with Crippen LogP contribution in [-0.2, 0) is 26.2 Å². The first kappa shape index (κ1) is 27.6. The Morgan fingerprint density at radius 1 is 1.06 bits per heavy atom. The van der Waals surface area contributed by atoms with Gasteiger partial charge in [-0.05, 0) is 75.8 Å². The second-order valence-electron chi connectivity index (χ2n) is 10.2. The highest BCUT2D eigenvalue weighted by molar-refractivity contribution is 7.89. The molecule has 0 bridgehead atoms. The van der Waals surface area contributed by atoms with Gasteiger partial charge in [-0.1, -0.05) is 30.3 Å². The van der Waals surface area contributed by atoms with Gasteiger partial charge in [0.2, 0.25) is 15.9 Å². The summed E-state index contributed by atoms with van der Waals surface area (Å²) >= 11 is 0. The van der Waals surface area contributed by atoms with E-state index < -0.39 is 21.6 Å². The van der Waals surface area contributed by atoms with Crippen molar-refractivity contribution in [2.24, 2.45) is 11.7 Å². The Kier molecular flexibility index (Phi) is 9.10. The van der Waals surface area contributed by atoms with Crippen molar-refractivity contribution in [3.63, 3.8) is 0 Å². The first-order valence-electron chi connectivity index (χ1n) is 12.1. The maximum Gasteiger partial charge on any atom is 0.410 e. The van der Waals surface area contributed by atoms with Crippen LogP contribution in [0.2, 0.25) is 0 Å². The molecule has 1 heterocycles. The smallest absolute Gasteiger partial charge is 0.410 e. The Labute approximate surface area is 213 Å². The van der Waals surface area contributed by atoms with Crippen molar-refractivity contribution in [2.75, 3.05) is 18.4 Å². The SMILES string of the molecule is CC(C)(C)NS(=O)(=O)c1ccc(NC(=O)[C@@H](N)CC2CCN(C(=O)OCc3ccccc3)CC2)cc1. The van der Waals surface area contributed by atoms with E-state index in [1.165, 1.54) is 12.1 Å². The number of ether oxygens (including phenoxy) is 1. The molecule has 2 aromatic rings. The van der Waals surface area contributed by atoms with Gasteiger partial charge in [-0.15, -0.1) is 0 Å². The first-order chi connectivity index (χ1) is 16.9. The van der Waals surface area contributed by atoms with Crippen LogP contribution in [0.15, 0.2) is 59.5 Å². The highest BCUT2D eigenvalue weighted by atomic mass is 32.2. The average Bonchev–Trinajstić information content (AvgIpc) is 2.82. The highest BCUT2D eigenvalue weighted by Crippen LogP contribution is 2.23. The summed E-state index contributed by atoms with van der Waals surface area (Å²) in [7, 11) is -3.65. The summed E-state index contributed by atoms with van der Waals surface area (Å²) in [6.07, 6.45) is 1.66. The maximum atomic E-state index is 12.6. The molecule has 9 nitrogen and oxygen atoms in total. The number of nitrogens with zero attached hydrogens (tertiary/aromatic N) is 1. The largest absolute Gasteiger partial charge is 0.445 e. The second-order valence-corrected chi connectivity index (χ2v) is 11.9. The van der Waals surface area contributed by atoms with E-state index in [-0.39, 0.29) is 29.4 Å². The molecule has 0 aliphatic carbocycles. The van der Waals surface area contributed by atoms with Crippen LogP contribution in [0.4, 0.5) is 10.5 Å². The van der Waals surface area contributed by atoms with E-state index in [1.54, 1.807) is 37.8 Å². The molecule has 2 aromatic carbocycles. The number of carbonyl (C=O) groups excluding carboxylic acids is 2. The van der Waals surface area contributed by atoms with Gasteiger partial charge in [-0.2, -0.15) is 0 Å². The van der Waals surface area contributed by atoms with Gasteiger partial charge in [-0.3, -0.25) is 4.79 Å². The molecule has 0 radical (unpaired) electrons. The van der Waals surface area contributed by atoms with Gasteiger partial charge in [0.25, 0.3) is 0 Å². The van der Waals surface area contributed by atoms with Gasteiger partial charge in [0.05, 0.1) is 10.9 Å². The number of hydrogen-bond acceptors (Lipinski definition) is 6. The average molecular weight is 517 g/mol. The molecule has 1 aliphatic rings. The summed E-state index contributed by atoms with van der Waals surface area (Å²) in [5.74, 6) is -0.108. The predicted octanol–water partition coefficient (Wildman–Crippen LogP) is 3.47. The highest BCUT2D eigenvalue weighted by Gasteiger charge is 2.27. The number of sulfonamides is 1. The fourth-order valence-corrected chi connectivity index (χ4v) is 5.46. The van der Waals surface area contributed by atoms with Crippen molar-refractivity contribution in [1.29, 1.82) is 0 Å². The molecule has 36 heavy (non-hydrogen) atoms. The third-order valence-electron chi connectivity index (χ3n) is 5.87. The molecule has 3 rings (SSSR count). The lowest BCUT2D eigenvalue weighted by atomic mass is 9.90.